The van der Waals surface area contributed by atoms with Gasteiger partial charge in [0, 0.05) is 12.6 Å². The number of nitrogens with one attached hydrogen (secondary N) is 1. The van der Waals surface area contributed by atoms with Crippen LogP contribution in [-0.2, 0) is 21.3 Å². The molecule has 0 unspecified atom stereocenters. The summed E-state index contributed by atoms with van der Waals surface area (Å²) < 4.78 is 42.5. The van der Waals surface area contributed by atoms with Gasteiger partial charge in [0.05, 0.1) is 31.3 Å². The first-order chi connectivity index (χ1) is 15.7. The third-order valence-corrected chi connectivity index (χ3v) is 6.77. The average molecular weight is 473 g/mol. The first-order valence-corrected chi connectivity index (χ1v) is 11.3. The van der Waals surface area contributed by atoms with Crippen LogP contribution < -0.4 is 14.4 Å². The fourth-order valence-corrected chi connectivity index (χ4v) is 4.34. The molecule has 0 saturated carbocycles. The third kappa shape index (κ3) is 5.17. The quantitative estimate of drug-likeness (QED) is 0.501. The average Bonchev–Trinajstić information content (AvgIpc) is 3.22. The number of methoxy groups -OCH3 is 2. The van der Waals surface area contributed by atoms with E-state index in [1.54, 1.807) is 31.2 Å². The first kappa shape index (κ1) is 23.9. The van der Waals surface area contributed by atoms with Crippen molar-refractivity contribution in [1.29, 1.82) is 0 Å². The largest absolute Gasteiger partial charge is 0.497 e. The van der Waals surface area contributed by atoms with Gasteiger partial charge in [0.15, 0.2) is 0 Å². The van der Waals surface area contributed by atoms with Crippen LogP contribution in [0.3, 0.4) is 0 Å². The summed E-state index contributed by atoms with van der Waals surface area (Å²) in [6.07, 6.45) is 0. The Bertz CT molecular complexity index is 1260. The number of amides is 1. The van der Waals surface area contributed by atoms with Crippen molar-refractivity contribution < 1.29 is 31.9 Å². The summed E-state index contributed by atoms with van der Waals surface area (Å²) in [5, 5.41) is 2.66. The lowest BCUT2D eigenvalue weighted by Crippen LogP contribution is -2.27. The van der Waals surface area contributed by atoms with Crippen LogP contribution in [0.25, 0.3) is 0 Å². The molecular formula is C23H24N2O7S. The van der Waals surface area contributed by atoms with Crippen molar-refractivity contribution in [2.24, 2.45) is 0 Å². The van der Waals surface area contributed by atoms with E-state index in [9.17, 15) is 18.0 Å². The highest BCUT2D eigenvalue weighted by Gasteiger charge is 2.23. The van der Waals surface area contributed by atoms with Crippen LogP contribution in [0, 0.1) is 6.92 Å². The summed E-state index contributed by atoms with van der Waals surface area (Å²) in [6.45, 7) is 1.63. The Kier molecular flexibility index (Phi) is 7.07. The van der Waals surface area contributed by atoms with Gasteiger partial charge >= 0.3 is 5.97 Å². The fraction of sp³-hybridized carbons (Fsp3) is 0.217. The molecule has 2 aromatic carbocycles. The second kappa shape index (κ2) is 9.78. The smallest absolute Gasteiger partial charge is 0.341 e. The van der Waals surface area contributed by atoms with E-state index in [1.165, 1.54) is 51.6 Å². The Balaban J connectivity index is 1.75. The molecule has 33 heavy (non-hydrogen) atoms. The van der Waals surface area contributed by atoms with E-state index in [0.29, 0.717) is 23.0 Å². The maximum atomic E-state index is 13.1. The predicted molar refractivity (Wildman–Crippen MR) is 121 cm³/mol. The molecule has 174 valence electrons. The minimum Gasteiger partial charge on any atom is -0.497 e. The summed E-state index contributed by atoms with van der Waals surface area (Å²) in [5.74, 6) is 0.319. The topological polar surface area (TPSA) is 115 Å². The molecule has 0 radical (unpaired) electrons. The lowest BCUT2D eigenvalue weighted by molar-refractivity contribution is 0.0598. The molecule has 0 fully saturated rings. The molecule has 0 aliphatic carbocycles. The number of benzene rings is 2. The van der Waals surface area contributed by atoms with E-state index in [0.717, 1.165) is 4.31 Å². The highest BCUT2D eigenvalue weighted by Crippen LogP contribution is 2.25. The molecule has 0 spiro atoms. The number of aryl methyl sites for hydroxylation is 1. The summed E-state index contributed by atoms with van der Waals surface area (Å²) >= 11 is 0. The molecule has 0 aliphatic heterocycles. The summed E-state index contributed by atoms with van der Waals surface area (Å²) in [5.41, 5.74) is 0.882. The molecule has 0 saturated heterocycles. The number of carbonyl (C=O) groups excluding carboxylic acids is 2. The fourth-order valence-electron chi connectivity index (χ4n) is 3.10. The standard InChI is InChI=1S/C23H24N2O7S/c1-15-21(23(27)31-4)13-19(32-15)14-24-22(26)16-6-5-7-20(12-16)33(28,29)25(2)17-8-10-18(30-3)11-9-17/h5-13H,14H2,1-4H3,(H,24,26). The highest BCUT2D eigenvalue weighted by molar-refractivity contribution is 7.92. The molecule has 1 N–H and O–H groups in total. The normalized spacial score (nSPS) is 11.0. The molecule has 3 aromatic rings. The van der Waals surface area contributed by atoms with Gasteiger partial charge in [-0.3, -0.25) is 9.10 Å². The number of anilines is 1. The van der Waals surface area contributed by atoms with Crippen molar-refractivity contribution in [3.8, 4) is 5.75 Å². The minimum absolute atomic E-state index is 0.0133. The second-order valence-corrected chi connectivity index (χ2v) is 9.02. The van der Waals surface area contributed by atoms with Gasteiger partial charge in [-0.05, 0) is 55.5 Å². The molecule has 1 amide bonds. The van der Waals surface area contributed by atoms with Crippen LogP contribution in [0.15, 0.2) is 63.9 Å². The third-order valence-electron chi connectivity index (χ3n) is 4.99. The zero-order valence-corrected chi connectivity index (χ0v) is 19.4. The number of carbonyl (C=O) groups is 2. The van der Waals surface area contributed by atoms with Crippen molar-refractivity contribution in [3.63, 3.8) is 0 Å². The molecule has 10 heteroatoms. The van der Waals surface area contributed by atoms with Gasteiger partial charge in [-0.1, -0.05) is 6.07 Å². The molecule has 0 atom stereocenters. The zero-order valence-electron chi connectivity index (χ0n) is 18.6. The van der Waals surface area contributed by atoms with Crippen molar-refractivity contribution in [3.05, 3.63) is 77.2 Å². The number of nitrogens with zero attached hydrogens (tertiary/aromatic N) is 1. The Morgan fingerprint density at radius 1 is 1.06 bits per heavy atom. The predicted octanol–water partition coefficient (Wildman–Crippen LogP) is 3.14. The second-order valence-electron chi connectivity index (χ2n) is 7.06. The minimum atomic E-state index is -3.91. The Morgan fingerprint density at radius 3 is 2.39 bits per heavy atom. The Labute approximate surface area is 192 Å². The van der Waals surface area contributed by atoms with Gasteiger partial charge in [0.2, 0.25) is 0 Å². The molecule has 3 rings (SSSR count). The van der Waals surface area contributed by atoms with Gasteiger partial charge < -0.3 is 19.2 Å². The van der Waals surface area contributed by atoms with Crippen LogP contribution in [0.1, 0.15) is 32.2 Å². The first-order valence-electron chi connectivity index (χ1n) is 9.86. The lowest BCUT2D eigenvalue weighted by Gasteiger charge is -2.20. The number of sulfonamides is 1. The molecule has 9 nitrogen and oxygen atoms in total. The monoisotopic (exact) mass is 472 g/mol. The summed E-state index contributed by atoms with van der Waals surface area (Å²) in [4.78, 5) is 24.3. The van der Waals surface area contributed by atoms with Crippen LogP contribution >= 0.6 is 0 Å². The van der Waals surface area contributed by atoms with Crippen LogP contribution in [0.2, 0.25) is 0 Å². The maximum absolute atomic E-state index is 13.1. The molecule has 0 bridgehead atoms. The Hall–Kier alpha value is -3.79. The SMILES string of the molecule is COC(=O)c1cc(CNC(=O)c2cccc(S(=O)(=O)N(C)c3ccc(OC)cc3)c2)oc1C. The molecule has 1 aromatic heterocycles. The highest BCUT2D eigenvalue weighted by atomic mass is 32.2. The van der Waals surface area contributed by atoms with Crippen molar-refractivity contribution in [1.82, 2.24) is 5.32 Å². The maximum Gasteiger partial charge on any atom is 0.341 e. The summed E-state index contributed by atoms with van der Waals surface area (Å²) in [7, 11) is 0.318. The van der Waals surface area contributed by atoms with E-state index >= 15 is 0 Å². The lowest BCUT2D eigenvalue weighted by atomic mass is 10.2. The van der Waals surface area contributed by atoms with E-state index in [4.69, 9.17) is 9.15 Å². The van der Waals surface area contributed by atoms with Gasteiger partial charge in [-0.15, -0.1) is 0 Å². The van der Waals surface area contributed by atoms with Crippen molar-refractivity contribution in [2.75, 3.05) is 25.6 Å². The number of rotatable bonds is 8. The van der Waals surface area contributed by atoms with Crippen molar-refractivity contribution >= 4 is 27.6 Å². The van der Waals surface area contributed by atoms with Crippen LogP contribution in [0.5, 0.6) is 5.75 Å². The zero-order chi connectivity index (χ0) is 24.2. The van der Waals surface area contributed by atoms with E-state index in [2.05, 4.69) is 10.1 Å². The van der Waals surface area contributed by atoms with E-state index in [-0.39, 0.29) is 22.6 Å². The number of ether oxygens (including phenoxy) is 2. The number of esters is 1. The van der Waals surface area contributed by atoms with Gasteiger partial charge in [-0.2, -0.15) is 0 Å². The van der Waals surface area contributed by atoms with Gasteiger partial charge in [0.1, 0.15) is 22.8 Å². The van der Waals surface area contributed by atoms with Crippen LogP contribution in [0.4, 0.5) is 5.69 Å². The number of hydrogen-bond acceptors (Lipinski definition) is 7. The van der Waals surface area contributed by atoms with Crippen molar-refractivity contribution in [2.45, 2.75) is 18.4 Å². The number of furan rings is 1. The van der Waals surface area contributed by atoms with Gasteiger partial charge in [-0.25, -0.2) is 13.2 Å². The summed E-state index contributed by atoms with van der Waals surface area (Å²) in [6, 6.07) is 13.8. The number of hydrogen-bond donors (Lipinski definition) is 1. The van der Waals surface area contributed by atoms with Crippen LogP contribution in [-0.4, -0.2) is 41.6 Å². The molecule has 0 aliphatic rings. The molecular weight excluding hydrogens is 448 g/mol. The molecule has 1 heterocycles. The Morgan fingerprint density at radius 2 is 1.76 bits per heavy atom. The van der Waals surface area contributed by atoms with Gasteiger partial charge in [0.25, 0.3) is 15.9 Å². The van der Waals surface area contributed by atoms with E-state index < -0.39 is 21.9 Å². The van der Waals surface area contributed by atoms with E-state index in [1.807, 2.05) is 0 Å².